The topological polar surface area (TPSA) is 107 Å². The molecule has 0 bridgehead atoms. The van der Waals surface area contributed by atoms with Gasteiger partial charge in [-0.3, -0.25) is 4.99 Å². The van der Waals surface area contributed by atoms with Gasteiger partial charge in [-0.15, -0.1) is 24.0 Å². The Morgan fingerprint density at radius 3 is 2.54 bits per heavy atom. The average Bonchev–Trinajstić information content (AvgIpc) is 3.01. The lowest BCUT2D eigenvalue weighted by Crippen LogP contribution is -2.44. The van der Waals surface area contributed by atoms with Crippen LogP contribution in [0.5, 0.6) is 0 Å². The number of aryl methyl sites for hydroxylation is 1. The molecule has 8 nitrogen and oxygen atoms in total. The monoisotopic (exact) mass is 500 g/mol. The molecule has 0 saturated carbocycles. The fraction of sp³-hybridized carbons (Fsp3) is 0.688. The van der Waals surface area contributed by atoms with Gasteiger partial charge in [0.15, 0.2) is 5.96 Å². The van der Waals surface area contributed by atoms with E-state index in [0.717, 1.165) is 18.6 Å². The second-order valence-corrected chi connectivity index (χ2v) is 8.39. The van der Waals surface area contributed by atoms with Crippen LogP contribution in [0.2, 0.25) is 0 Å². The van der Waals surface area contributed by atoms with Gasteiger partial charge in [0.05, 0.1) is 12.8 Å². The second-order valence-electron chi connectivity index (χ2n) is 6.40. The molecule has 150 valence electrons. The lowest BCUT2D eigenvalue weighted by Gasteiger charge is -2.30. The van der Waals surface area contributed by atoms with Crippen LogP contribution in [0.1, 0.15) is 30.5 Å². The van der Waals surface area contributed by atoms with Crippen LogP contribution < -0.4 is 10.6 Å². The van der Waals surface area contributed by atoms with Crippen LogP contribution in [0.15, 0.2) is 21.5 Å². The number of piperidine rings is 1. The summed E-state index contributed by atoms with van der Waals surface area (Å²) in [4.78, 5) is 4.14. The number of sulfonamides is 1. The molecular formula is C16H29IN4O4S. The van der Waals surface area contributed by atoms with Crippen LogP contribution in [0, 0.1) is 12.8 Å². The minimum absolute atomic E-state index is 0. The highest BCUT2D eigenvalue weighted by Crippen LogP contribution is 2.18. The summed E-state index contributed by atoms with van der Waals surface area (Å²) in [7, 11) is -1.42. The lowest BCUT2D eigenvalue weighted by atomic mass is 9.98. The first-order chi connectivity index (χ1) is 11.8. The van der Waals surface area contributed by atoms with Gasteiger partial charge in [0, 0.05) is 26.7 Å². The van der Waals surface area contributed by atoms with Crippen LogP contribution in [0.3, 0.4) is 0 Å². The van der Waals surface area contributed by atoms with Gasteiger partial charge in [-0.2, -0.15) is 0 Å². The molecule has 0 aromatic carbocycles. The third-order valence-electron chi connectivity index (χ3n) is 4.38. The molecule has 0 aliphatic carbocycles. The van der Waals surface area contributed by atoms with Crippen LogP contribution in [0.4, 0.5) is 0 Å². The first-order valence-corrected chi connectivity index (χ1v) is 10.3. The van der Waals surface area contributed by atoms with Gasteiger partial charge in [-0.05, 0) is 37.8 Å². The largest absolute Gasteiger partial charge is 0.464 e. The van der Waals surface area contributed by atoms with Crippen molar-refractivity contribution in [1.82, 2.24) is 14.9 Å². The van der Waals surface area contributed by atoms with Crippen LogP contribution in [-0.2, 0) is 10.0 Å². The van der Waals surface area contributed by atoms with Gasteiger partial charge >= 0.3 is 0 Å². The molecule has 0 radical (unpaired) electrons. The summed E-state index contributed by atoms with van der Waals surface area (Å²) < 4.78 is 30.0. The average molecular weight is 500 g/mol. The van der Waals surface area contributed by atoms with E-state index >= 15 is 0 Å². The van der Waals surface area contributed by atoms with Gasteiger partial charge in [-0.25, -0.2) is 12.7 Å². The zero-order valence-electron chi connectivity index (χ0n) is 15.4. The fourth-order valence-electron chi connectivity index (χ4n) is 2.83. The highest BCUT2D eigenvalue weighted by Gasteiger charge is 2.24. The summed E-state index contributed by atoms with van der Waals surface area (Å²) in [5, 5.41) is 16.4. The van der Waals surface area contributed by atoms with Crippen molar-refractivity contribution in [3.8, 4) is 0 Å². The molecule has 2 rings (SSSR count). The Hall–Kier alpha value is -0.850. The molecule has 1 aromatic heterocycles. The quantitative estimate of drug-likeness (QED) is 0.307. The molecule has 1 aromatic rings. The Kier molecular flexibility index (Phi) is 9.34. The minimum Gasteiger partial charge on any atom is -0.464 e. The highest BCUT2D eigenvalue weighted by molar-refractivity contribution is 14.0. The molecule has 1 fully saturated rings. The van der Waals surface area contributed by atoms with Crippen molar-refractivity contribution in [3.05, 3.63) is 23.7 Å². The van der Waals surface area contributed by atoms with Crippen LogP contribution in [-0.4, -0.2) is 63.3 Å². The molecule has 10 heteroatoms. The maximum atomic E-state index is 11.5. The number of rotatable bonds is 6. The highest BCUT2D eigenvalue weighted by atomic mass is 127. The minimum atomic E-state index is -3.09. The number of furan rings is 1. The van der Waals surface area contributed by atoms with Crippen LogP contribution >= 0.6 is 24.0 Å². The van der Waals surface area contributed by atoms with E-state index in [9.17, 15) is 13.5 Å². The summed E-state index contributed by atoms with van der Waals surface area (Å²) in [6.07, 6.45) is 2.16. The SMILES string of the molecule is CN=C(NCC1CCN(S(C)(=O)=O)CC1)NCC(O)c1ccc(C)o1.I. The maximum absolute atomic E-state index is 11.5. The van der Waals surface area contributed by atoms with Gasteiger partial charge in [0.2, 0.25) is 10.0 Å². The fourth-order valence-corrected chi connectivity index (χ4v) is 3.71. The molecule has 26 heavy (non-hydrogen) atoms. The summed E-state index contributed by atoms with van der Waals surface area (Å²) in [5.74, 6) is 2.28. The Morgan fingerprint density at radius 2 is 2.04 bits per heavy atom. The van der Waals surface area contributed by atoms with Gasteiger partial charge < -0.3 is 20.2 Å². The molecule has 0 spiro atoms. The molecule has 3 N–H and O–H groups in total. The van der Waals surface area contributed by atoms with Gasteiger partial charge in [0.1, 0.15) is 17.6 Å². The number of hydrogen-bond donors (Lipinski definition) is 3. The molecule has 2 heterocycles. The third-order valence-corrected chi connectivity index (χ3v) is 5.68. The number of nitrogens with zero attached hydrogens (tertiary/aromatic N) is 2. The Bertz CT molecular complexity index is 684. The molecule has 0 amide bonds. The van der Waals surface area contributed by atoms with Crippen molar-refractivity contribution >= 4 is 40.0 Å². The predicted molar refractivity (Wildman–Crippen MR) is 112 cm³/mol. The summed E-state index contributed by atoms with van der Waals surface area (Å²) in [6.45, 7) is 3.97. The first kappa shape index (κ1) is 23.2. The first-order valence-electron chi connectivity index (χ1n) is 8.43. The van der Waals surface area contributed by atoms with Crippen molar-refractivity contribution in [2.75, 3.05) is 39.5 Å². The van der Waals surface area contributed by atoms with Crippen molar-refractivity contribution in [2.45, 2.75) is 25.9 Å². The smallest absolute Gasteiger partial charge is 0.211 e. The van der Waals surface area contributed by atoms with Crippen molar-refractivity contribution in [3.63, 3.8) is 0 Å². The molecule has 1 aliphatic rings. The van der Waals surface area contributed by atoms with E-state index in [0.29, 0.717) is 43.8 Å². The number of halogens is 1. The van der Waals surface area contributed by atoms with Crippen molar-refractivity contribution in [1.29, 1.82) is 0 Å². The van der Waals surface area contributed by atoms with Gasteiger partial charge in [0.25, 0.3) is 0 Å². The normalized spacial score (nSPS) is 18.2. The number of guanidine groups is 1. The predicted octanol–water partition coefficient (Wildman–Crippen LogP) is 1.08. The zero-order valence-corrected chi connectivity index (χ0v) is 18.6. The maximum Gasteiger partial charge on any atom is 0.211 e. The molecule has 1 aliphatic heterocycles. The number of aliphatic hydroxyl groups is 1. The van der Waals surface area contributed by atoms with E-state index in [1.165, 1.54) is 10.6 Å². The number of nitrogens with one attached hydrogen (secondary N) is 2. The second kappa shape index (κ2) is 10.5. The molecule has 1 saturated heterocycles. The number of hydrogen-bond acceptors (Lipinski definition) is 5. The molecular weight excluding hydrogens is 471 g/mol. The Labute approximate surface area is 172 Å². The Morgan fingerprint density at radius 1 is 1.38 bits per heavy atom. The summed E-state index contributed by atoms with van der Waals surface area (Å²) >= 11 is 0. The number of aliphatic imine (C=N–C) groups is 1. The number of aliphatic hydroxyl groups excluding tert-OH is 1. The van der Waals surface area contributed by atoms with Crippen LogP contribution in [0.25, 0.3) is 0 Å². The third kappa shape index (κ3) is 7.05. The van der Waals surface area contributed by atoms with Crippen molar-refractivity contribution < 1.29 is 17.9 Å². The standard InChI is InChI=1S/C16H28N4O4S.HI/c1-12-4-5-15(24-12)14(21)11-19-16(17-2)18-10-13-6-8-20(9-7-13)25(3,22)23;/h4-5,13-14,21H,6-11H2,1-3H3,(H2,17,18,19);1H. The van der Waals surface area contributed by atoms with E-state index in [4.69, 9.17) is 4.42 Å². The zero-order chi connectivity index (χ0) is 18.4. The van der Waals surface area contributed by atoms with E-state index in [1.54, 1.807) is 13.1 Å². The van der Waals surface area contributed by atoms with E-state index in [-0.39, 0.29) is 24.0 Å². The van der Waals surface area contributed by atoms with E-state index < -0.39 is 16.1 Å². The van der Waals surface area contributed by atoms with E-state index in [2.05, 4.69) is 15.6 Å². The molecule has 1 unspecified atom stereocenters. The lowest BCUT2D eigenvalue weighted by molar-refractivity contribution is 0.151. The molecule has 1 atom stereocenters. The van der Waals surface area contributed by atoms with Gasteiger partial charge in [-0.1, -0.05) is 0 Å². The summed E-state index contributed by atoms with van der Waals surface area (Å²) in [5.41, 5.74) is 0. The van der Waals surface area contributed by atoms with Crippen molar-refractivity contribution in [2.24, 2.45) is 10.9 Å². The Balaban J connectivity index is 0.00000338. The van der Waals surface area contributed by atoms with E-state index in [1.807, 2.05) is 13.0 Å². The summed E-state index contributed by atoms with van der Waals surface area (Å²) in [6, 6.07) is 3.57.